The average molecular weight is 251 g/mol. The number of hydrogen-bond donors (Lipinski definition) is 3. The van der Waals surface area contributed by atoms with Crippen molar-refractivity contribution in [2.75, 3.05) is 5.75 Å². The van der Waals surface area contributed by atoms with E-state index in [0.29, 0.717) is 16.5 Å². The van der Waals surface area contributed by atoms with Crippen molar-refractivity contribution in [3.8, 4) is 17.1 Å². The van der Waals surface area contributed by atoms with Crippen molar-refractivity contribution < 1.29 is 15.0 Å². The number of thioether (sulfide) groups is 1. The number of carbonyl (C=O) groups is 1. The highest BCUT2D eigenvalue weighted by molar-refractivity contribution is 7.99. The average Bonchev–Trinajstić information content (AvgIpc) is 2.75. The molecule has 1 aromatic carbocycles. The predicted molar refractivity (Wildman–Crippen MR) is 61.8 cm³/mol. The quantitative estimate of drug-likeness (QED) is 0.709. The van der Waals surface area contributed by atoms with Gasteiger partial charge >= 0.3 is 5.97 Å². The van der Waals surface area contributed by atoms with E-state index in [1.807, 2.05) is 0 Å². The summed E-state index contributed by atoms with van der Waals surface area (Å²) in [6.07, 6.45) is 0. The van der Waals surface area contributed by atoms with Crippen LogP contribution in [0.1, 0.15) is 0 Å². The number of aliphatic carboxylic acids is 1. The molecule has 0 fully saturated rings. The van der Waals surface area contributed by atoms with Crippen LogP contribution in [0, 0.1) is 0 Å². The van der Waals surface area contributed by atoms with Gasteiger partial charge in [-0.2, -0.15) is 0 Å². The number of aromatic hydroxyl groups is 1. The Hall–Kier alpha value is -2.02. The summed E-state index contributed by atoms with van der Waals surface area (Å²) in [4.78, 5) is 14.5. The van der Waals surface area contributed by atoms with Crippen LogP contribution in [-0.4, -0.2) is 37.1 Å². The van der Waals surface area contributed by atoms with Crippen molar-refractivity contribution in [2.24, 2.45) is 0 Å². The second-order valence-corrected chi connectivity index (χ2v) is 4.14. The first-order valence-electron chi connectivity index (χ1n) is 4.71. The lowest BCUT2D eigenvalue weighted by Crippen LogP contribution is -1.97. The summed E-state index contributed by atoms with van der Waals surface area (Å²) in [5, 5.41) is 24.8. The zero-order valence-corrected chi connectivity index (χ0v) is 9.44. The topological polar surface area (TPSA) is 99.1 Å². The number of hydrogen-bond acceptors (Lipinski definition) is 5. The van der Waals surface area contributed by atoms with Gasteiger partial charge in [0.15, 0.2) is 5.82 Å². The van der Waals surface area contributed by atoms with Crippen LogP contribution in [0.5, 0.6) is 5.75 Å². The minimum atomic E-state index is -0.918. The van der Waals surface area contributed by atoms with E-state index in [4.69, 9.17) is 5.11 Å². The lowest BCUT2D eigenvalue weighted by atomic mass is 10.2. The Morgan fingerprint density at radius 1 is 1.47 bits per heavy atom. The molecule has 88 valence electrons. The number of nitrogens with one attached hydrogen (secondary N) is 1. The van der Waals surface area contributed by atoms with E-state index >= 15 is 0 Å². The fraction of sp³-hybridized carbons (Fsp3) is 0.100. The van der Waals surface area contributed by atoms with Crippen LogP contribution in [0.2, 0.25) is 0 Å². The van der Waals surface area contributed by atoms with Gasteiger partial charge < -0.3 is 10.2 Å². The molecule has 0 atom stereocenters. The monoisotopic (exact) mass is 251 g/mol. The van der Waals surface area contributed by atoms with Crippen LogP contribution in [0.25, 0.3) is 11.4 Å². The van der Waals surface area contributed by atoms with Gasteiger partial charge in [0.25, 0.3) is 0 Å². The summed E-state index contributed by atoms with van der Waals surface area (Å²) in [6, 6.07) is 6.56. The van der Waals surface area contributed by atoms with Crippen molar-refractivity contribution >= 4 is 17.7 Å². The van der Waals surface area contributed by atoms with E-state index in [2.05, 4.69) is 15.2 Å². The first-order chi connectivity index (χ1) is 8.15. The van der Waals surface area contributed by atoms with Crippen LogP contribution in [0.3, 0.4) is 0 Å². The zero-order chi connectivity index (χ0) is 12.3. The maximum atomic E-state index is 10.4. The smallest absolute Gasteiger partial charge is 0.313 e. The highest BCUT2D eigenvalue weighted by atomic mass is 32.2. The Labute approximate surface area is 101 Å². The minimum absolute atomic E-state index is 0.0860. The van der Waals surface area contributed by atoms with Gasteiger partial charge in [-0.05, 0) is 12.1 Å². The molecule has 6 nitrogen and oxygen atoms in total. The summed E-state index contributed by atoms with van der Waals surface area (Å²) in [6.45, 7) is 0. The Bertz CT molecular complexity index is 541. The number of H-pyrrole nitrogens is 1. The van der Waals surface area contributed by atoms with Crippen LogP contribution in [-0.2, 0) is 4.79 Å². The first-order valence-corrected chi connectivity index (χ1v) is 5.70. The van der Waals surface area contributed by atoms with Crippen LogP contribution in [0.15, 0.2) is 29.4 Å². The lowest BCUT2D eigenvalue weighted by Gasteiger charge is -1.95. The third-order valence-electron chi connectivity index (χ3n) is 1.91. The number of rotatable bonds is 4. The number of benzene rings is 1. The van der Waals surface area contributed by atoms with Crippen molar-refractivity contribution in [1.29, 1.82) is 0 Å². The number of aromatic nitrogens is 3. The summed E-state index contributed by atoms with van der Waals surface area (Å²) in [5.74, 6) is -0.372. The lowest BCUT2D eigenvalue weighted by molar-refractivity contribution is -0.133. The van der Waals surface area contributed by atoms with Crippen LogP contribution >= 0.6 is 11.8 Å². The minimum Gasteiger partial charge on any atom is -0.508 e. The summed E-state index contributed by atoms with van der Waals surface area (Å²) >= 11 is 1.03. The van der Waals surface area contributed by atoms with Crippen molar-refractivity contribution in [3.05, 3.63) is 24.3 Å². The number of phenolic OH excluding ortho intramolecular Hbond substituents is 1. The molecule has 3 N–H and O–H groups in total. The predicted octanol–water partition coefficient (Wildman–Crippen LogP) is 1.35. The van der Waals surface area contributed by atoms with E-state index in [1.165, 1.54) is 0 Å². The number of carboxylic acid groups (broad SMARTS) is 1. The van der Waals surface area contributed by atoms with Gasteiger partial charge in [-0.25, -0.2) is 4.98 Å². The molecular weight excluding hydrogens is 242 g/mol. The molecule has 1 heterocycles. The summed E-state index contributed by atoms with van der Waals surface area (Å²) in [5.41, 5.74) is 0.694. The number of phenols is 1. The number of carboxylic acids is 1. The van der Waals surface area contributed by atoms with Gasteiger partial charge in [-0.3, -0.25) is 9.89 Å². The van der Waals surface area contributed by atoms with Crippen LogP contribution < -0.4 is 0 Å². The molecule has 0 saturated heterocycles. The third kappa shape index (κ3) is 2.97. The van der Waals surface area contributed by atoms with E-state index < -0.39 is 5.97 Å². The normalized spacial score (nSPS) is 10.4. The molecule has 1 aromatic heterocycles. The fourth-order valence-corrected chi connectivity index (χ4v) is 1.74. The summed E-state index contributed by atoms with van der Waals surface area (Å²) in [7, 11) is 0. The molecular formula is C10H9N3O3S. The molecule has 0 aliphatic rings. The van der Waals surface area contributed by atoms with E-state index in [-0.39, 0.29) is 11.5 Å². The molecule has 0 bridgehead atoms. The second-order valence-electron chi connectivity index (χ2n) is 3.20. The molecule has 17 heavy (non-hydrogen) atoms. The molecule has 0 spiro atoms. The Morgan fingerprint density at radius 2 is 2.29 bits per heavy atom. The largest absolute Gasteiger partial charge is 0.508 e. The highest BCUT2D eigenvalue weighted by Crippen LogP contribution is 2.21. The van der Waals surface area contributed by atoms with Gasteiger partial charge in [0, 0.05) is 5.56 Å². The van der Waals surface area contributed by atoms with Crippen molar-refractivity contribution in [3.63, 3.8) is 0 Å². The van der Waals surface area contributed by atoms with E-state index in [0.717, 1.165) is 11.8 Å². The molecule has 2 aromatic rings. The molecule has 0 saturated carbocycles. The van der Waals surface area contributed by atoms with Crippen LogP contribution in [0.4, 0.5) is 0 Å². The molecule has 0 unspecified atom stereocenters. The van der Waals surface area contributed by atoms with Gasteiger partial charge in [-0.15, -0.1) is 5.10 Å². The fourth-order valence-electron chi connectivity index (χ4n) is 1.22. The molecule has 2 rings (SSSR count). The standard InChI is InChI=1S/C10H9N3O3S/c14-7-3-1-2-6(4-7)9-11-10(13-12-9)17-5-8(15)16/h1-4,14H,5H2,(H,15,16)(H,11,12,13). The van der Waals surface area contributed by atoms with E-state index in [9.17, 15) is 9.90 Å². The van der Waals surface area contributed by atoms with Gasteiger partial charge in [0.2, 0.25) is 5.16 Å². The molecule has 0 amide bonds. The molecule has 0 aliphatic carbocycles. The van der Waals surface area contributed by atoms with Crippen molar-refractivity contribution in [2.45, 2.75) is 5.16 Å². The maximum Gasteiger partial charge on any atom is 0.313 e. The number of nitrogens with zero attached hydrogens (tertiary/aromatic N) is 2. The van der Waals surface area contributed by atoms with Gasteiger partial charge in [-0.1, -0.05) is 23.9 Å². The first kappa shape index (κ1) is 11.5. The molecule has 7 heteroatoms. The molecule has 0 radical (unpaired) electrons. The Kier molecular flexibility index (Phi) is 3.29. The Balaban J connectivity index is 2.15. The van der Waals surface area contributed by atoms with Crippen molar-refractivity contribution in [1.82, 2.24) is 15.2 Å². The molecule has 0 aliphatic heterocycles. The zero-order valence-electron chi connectivity index (χ0n) is 8.62. The highest BCUT2D eigenvalue weighted by Gasteiger charge is 2.08. The van der Waals surface area contributed by atoms with Gasteiger partial charge in [0.1, 0.15) is 5.75 Å². The SMILES string of the molecule is O=C(O)CSc1n[nH]c(-c2cccc(O)c2)n1. The summed E-state index contributed by atoms with van der Waals surface area (Å²) < 4.78 is 0. The Morgan fingerprint density at radius 3 is 3.00 bits per heavy atom. The second kappa shape index (κ2) is 4.88. The number of aromatic amines is 1. The maximum absolute atomic E-state index is 10.4. The van der Waals surface area contributed by atoms with Gasteiger partial charge in [0.05, 0.1) is 5.75 Å². The third-order valence-corrected chi connectivity index (χ3v) is 2.74. The van der Waals surface area contributed by atoms with E-state index in [1.54, 1.807) is 24.3 Å².